The first kappa shape index (κ1) is 16.2. The van der Waals surface area contributed by atoms with E-state index in [0.717, 1.165) is 12.1 Å². The molecule has 0 bridgehead atoms. The molecule has 1 amide bonds. The monoisotopic (exact) mass is 288 g/mol. The zero-order chi connectivity index (χ0) is 15.2. The molecule has 1 aromatic rings. The molecule has 7 heteroatoms. The minimum atomic E-state index is -4.41. The highest BCUT2D eigenvalue weighted by molar-refractivity contribution is 5.85. The Hall–Kier alpha value is -1.89. The van der Waals surface area contributed by atoms with E-state index in [1.165, 1.54) is 12.1 Å². The molecular formula is C13H15F3N2O2. The molecule has 110 valence electrons. The zero-order valence-corrected chi connectivity index (χ0v) is 10.7. The number of hydrogen-bond donors (Lipinski definition) is 2. The van der Waals surface area contributed by atoms with Crippen LogP contribution < -0.4 is 11.1 Å². The molecule has 0 heterocycles. The lowest BCUT2D eigenvalue weighted by atomic mass is 10.1. The van der Waals surface area contributed by atoms with Gasteiger partial charge in [-0.25, -0.2) is 0 Å². The van der Waals surface area contributed by atoms with Crippen LogP contribution in [0.3, 0.4) is 0 Å². The van der Waals surface area contributed by atoms with Crippen molar-refractivity contribution in [3.8, 4) is 0 Å². The Kier molecular flexibility index (Phi) is 5.69. The van der Waals surface area contributed by atoms with Gasteiger partial charge in [0.15, 0.2) is 0 Å². The van der Waals surface area contributed by atoms with Crippen LogP contribution in [-0.2, 0) is 22.3 Å². The Balaban J connectivity index is 2.50. The lowest BCUT2D eigenvalue weighted by Crippen LogP contribution is -2.24. The van der Waals surface area contributed by atoms with Gasteiger partial charge in [-0.05, 0) is 17.7 Å². The third kappa shape index (κ3) is 5.40. The van der Waals surface area contributed by atoms with Crippen LogP contribution in [0.25, 0.3) is 0 Å². The van der Waals surface area contributed by atoms with E-state index in [-0.39, 0.29) is 31.7 Å². The van der Waals surface area contributed by atoms with E-state index in [1.807, 2.05) is 0 Å². The molecule has 0 aliphatic heterocycles. The van der Waals surface area contributed by atoms with Crippen molar-refractivity contribution in [1.82, 2.24) is 5.32 Å². The van der Waals surface area contributed by atoms with Gasteiger partial charge < -0.3 is 11.1 Å². The molecule has 3 N–H and O–H groups in total. The zero-order valence-electron chi connectivity index (χ0n) is 10.7. The SMILES string of the molecule is NCC(=O)CCC(=O)NCc1cccc(C(F)(F)F)c1. The van der Waals surface area contributed by atoms with E-state index >= 15 is 0 Å². The summed E-state index contributed by atoms with van der Waals surface area (Å²) >= 11 is 0. The number of ketones is 1. The molecule has 0 aliphatic carbocycles. The van der Waals surface area contributed by atoms with Crippen LogP contribution in [-0.4, -0.2) is 18.2 Å². The summed E-state index contributed by atoms with van der Waals surface area (Å²) in [5.74, 6) is -0.636. The highest BCUT2D eigenvalue weighted by Gasteiger charge is 2.30. The van der Waals surface area contributed by atoms with Crippen molar-refractivity contribution >= 4 is 11.7 Å². The van der Waals surface area contributed by atoms with Gasteiger partial charge in [-0.1, -0.05) is 12.1 Å². The molecule has 0 fully saturated rings. The Morgan fingerprint density at radius 3 is 2.50 bits per heavy atom. The summed E-state index contributed by atoms with van der Waals surface area (Å²) in [5.41, 5.74) is 4.68. The number of halogens is 3. The van der Waals surface area contributed by atoms with Crippen molar-refractivity contribution in [3.63, 3.8) is 0 Å². The second-order valence-corrected chi connectivity index (χ2v) is 4.22. The molecule has 0 spiro atoms. The van der Waals surface area contributed by atoms with Gasteiger partial charge >= 0.3 is 6.18 Å². The number of Topliss-reactive ketones (excluding diaryl/α,β-unsaturated/α-hetero) is 1. The second kappa shape index (κ2) is 7.04. The van der Waals surface area contributed by atoms with Crippen molar-refractivity contribution in [2.24, 2.45) is 5.73 Å². The standard InChI is InChI=1S/C13H15F3N2O2/c14-13(15,16)10-3-1-2-9(6-10)8-18-12(20)5-4-11(19)7-17/h1-3,6H,4-5,7-8,17H2,(H,18,20). The topological polar surface area (TPSA) is 72.2 Å². The number of hydrogen-bond acceptors (Lipinski definition) is 3. The molecule has 4 nitrogen and oxygen atoms in total. The van der Waals surface area contributed by atoms with Gasteiger partial charge in [-0.3, -0.25) is 9.59 Å². The smallest absolute Gasteiger partial charge is 0.352 e. The molecule has 0 aliphatic rings. The van der Waals surface area contributed by atoms with E-state index in [2.05, 4.69) is 5.32 Å². The first-order valence-electron chi connectivity index (χ1n) is 5.97. The van der Waals surface area contributed by atoms with Crippen LogP contribution in [0.5, 0.6) is 0 Å². The van der Waals surface area contributed by atoms with Crippen molar-refractivity contribution in [1.29, 1.82) is 0 Å². The van der Waals surface area contributed by atoms with Gasteiger partial charge in [0, 0.05) is 19.4 Å². The Bertz CT molecular complexity index is 487. The number of rotatable bonds is 6. The molecule has 20 heavy (non-hydrogen) atoms. The molecule has 0 radical (unpaired) electrons. The molecule has 1 aromatic carbocycles. The maximum Gasteiger partial charge on any atom is 0.416 e. The lowest BCUT2D eigenvalue weighted by Gasteiger charge is -2.09. The predicted molar refractivity (Wildman–Crippen MR) is 66.6 cm³/mol. The molecule has 0 unspecified atom stereocenters. The Morgan fingerprint density at radius 2 is 1.90 bits per heavy atom. The van der Waals surface area contributed by atoms with E-state index in [9.17, 15) is 22.8 Å². The van der Waals surface area contributed by atoms with Crippen LogP contribution in [0.15, 0.2) is 24.3 Å². The minimum absolute atomic E-state index is 0.0143. The number of alkyl halides is 3. The molecule has 0 atom stereocenters. The number of carbonyl (C=O) groups is 2. The number of carbonyl (C=O) groups excluding carboxylic acids is 2. The minimum Gasteiger partial charge on any atom is -0.352 e. The number of amides is 1. The summed E-state index contributed by atoms with van der Waals surface area (Å²) in [4.78, 5) is 22.3. The van der Waals surface area contributed by atoms with Gasteiger partial charge in [0.1, 0.15) is 5.78 Å². The van der Waals surface area contributed by atoms with E-state index in [1.54, 1.807) is 0 Å². The molecule has 0 saturated heterocycles. The fourth-order valence-electron chi connectivity index (χ4n) is 1.50. The Morgan fingerprint density at radius 1 is 1.20 bits per heavy atom. The molecular weight excluding hydrogens is 273 g/mol. The van der Waals surface area contributed by atoms with Crippen molar-refractivity contribution in [3.05, 3.63) is 35.4 Å². The molecule has 0 saturated carbocycles. The number of benzene rings is 1. The van der Waals surface area contributed by atoms with Gasteiger partial charge in [0.2, 0.25) is 5.91 Å². The largest absolute Gasteiger partial charge is 0.416 e. The number of nitrogens with two attached hydrogens (primary N) is 1. The second-order valence-electron chi connectivity index (χ2n) is 4.22. The summed E-state index contributed by atoms with van der Waals surface area (Å²) in [6.07, 6.45) is -4.40. The third-order valence-electron chi connectivity index (χ3n) is 2.60. The van der Waals surface area contributed by atoms with Gasteiger partial charge in [0.05, 0.1) is 12.1 Å². The fraction of sp³-hybridized carbons (Fsp3) is 0.385. The average Bonchev–Trinajstić information content (AvgIpc) is 2.41. The molecule has 1 rings (SSSR count). The maximum absolute atomic E-state index is 12.5. The molecule has 0 aromatic heterocycles. The van der Waals surface area contributed by atoms with Crippen LogP contribution >= 0.6 is 0 Å². The van der Waals surface area contributed by atoms with Crippen LogP contribution in [0, 0.1) is 0 Å². The summed E-state index contributed by atoms with van der Waals surface area (Å²) in [6, 6.07) is 4.71. The highest BCUT2D eigenvalue weighted by atomic mass is 19.4. The van der Waals surface area contributed by atoms with Crippen LogP contribution in [0.4, 0.5) is 13.2 Å². The Labute approximate surface area is 114 Å². The predicted octanol–water partition coefficient (Wildman–Crippen LogP) is 1.63. The van der Waals surface area contributed by atoms with Gasteiger partial charge in [0.25, 0.3) is 0 Å². The van der Waals surface area contributed by atoms with Crippen molar-refractivity contribution in [2.75, 3.05) is 6.54 Å². The first-order chi connectivity index (χ1) is 9.32. The lowest BCUT2D eigenvalue weighted by molar-refractivity contribution is -0.137. The average molecular weight is 288 g/mol. The quantitative estimate of drug-likeness (QED) is 0.835. The number of nitrogens with one attached hydrogen (secondary N) is 1. The first-order valence-corrected chi connectivity index (χ1v) is 5.97. The fourth-order valence-corrected chi connectivity index (χ4v) is 1.50. The maximum atomic E-state index is 12.5. The van der Waals surface area contributed by atoms with Crippen LogP contribution in [0.1, 0.15) is 24.0 Å². The summed E-state index contributed by atoms with van der Waals surface area (Å²) in [7, 11) is 0. The van der Waals surface area contributed by atoms with Gasteiger partial charge in [-0.15, -0.1) is 0 Å². The summed E-state index contributed by atoms with van der Waals surface area (Å²) in [5, 5.41) is 2.46. The van der Waals surface area contributed by atoms with E-state index in [4.69, 9.17) is 5.73 Å². The van der Waals surface area contributed by atoms with Gasteiger partial charge in [-0.2, -0.15) is 13.2 Å². The summed E-state index contributed by atoms with van der Waals surface area (Å²) < 4.78 is 37.4. The van der Waals surface area contributed by atoms with Crippen molar-refractivity contribution in [2.45, 2.75) is 25.6 Å². The highest BCUT2D eigenvalue weighted by Crippen LogP contribution is 2.29. The van der Waals surface area contributed by atoms with Crippen LogP contribution in [0.2, 0.25) is 0 Å². The normalized spacial score (nSPS) is 11.2. The third-order valence-corrected chi connectivity index (χ3v) is 2.60. The van der Waals surface area contributed by atoms with Crippen molar-refractivity contribution < 1.29 is 22.8 Å². The van der Waals surface area contributed by atoms with E-state index in [0.29, 0.717) is 5.56 Å². The summed E-state index contributed by atoms with van der Waals surface area (Å²) in [6.45, 7) is -0.138. The van der Waals surface area contributed by atoms with E-state index < -0.39 is 17.6 Å².